The summed E-state index contributed by atoms with van der Waals surface area (Å²) in [4.78, 5) is 38.9. The average Bonchev–Trinajstić information content (AvgIpc) is 3.27. The first-order chi connectivity index (χ1) is 18.9. The van der Waals surface area contributed by atoms with Crippen LogP contribution in [0.2, 0.25) is 0 Å². The van der Waals surface area contributed by atoms with Crippen molar-refractivity contribution in [1.82, 2.24) is 10.6 Å². The van der Waals surface area contributed by atoms with Crippen molar-refractivity contribution in [3.05, 3.63) is 62.7 Å². The van der Waals surface area contributed by atoms with Crippen molar-refractivity contribution in [2.75, 3.05) is 14.2 Å². The molecule has 0 bridgehead atoms. The second-order valence-electron chi connectivity index (χ2n) is 12.8. The summed E-state index contributed by atoms with van der Waals surface area (Å²) in [6, 6.07) is 7.86. The van der Waals surface area contributed by atoms with Gasteiger partial charge in [-0.2, -0.15) is 0 Å². The number of likely N-dealkylation sites (N-methyl/N-ethyl adjacent to an activating group) is 1. The van der Waals surface area contributed by atoms with Gasteiger partial charge in [-0.3, -0.25) is 19.7 Å². The molecule has 2 aromatic rings. The van der Waals surface area contributed by atoms with Gasteiger partial charge in [0, 0.05) is 45.9 Å². The van der Waals surface area contributed by atoms with E-state index in [2.05, 4.69) is 24.5 Å². The zero-order valence-electron chi connectivity index (χ0n) is 23.9. The number of hydrogen-bond donors (Lipinski definition) is 2. The van der Waals surface area contributed by atoms with Gasteiger partial charge in [0.1, 0.15) is 22.7 Å². The van der Waals surface area contributed by atoms with Gasteiger partial charge in [0.15, 0.2) is 5.78 Å². The number of carbonyl (C=O) groups is 2. The quantitative estimate of drug-likeness (QED) is 0.419. The molecule has 0 aromatic heterocycles. The van der Waals surface area contributed by atoms with Crippen LogP contribution in [0.15, 0.2) is 30.3 Å². The summed E-state index contributed by atoms with van der Waals surface area (Å²) in [6.07, 6.45) is 2.85. The highest BCUT2D eigenvalue weighted by Gasteiger charge is 2.69. The summed E-state index contributed by atoms with van der Waals surface area (Å²) < 4.78 is 12.9. The van der Waals surface area contributed by atoms with Gasteiger partial charge in [-0.1, -0.05) is 45.9 Å². The Labute approximate surface area is 234 Å². The third kappa shape index (κ3) is 3.30. The first-order valence-corrected chi connectivity index (χ1v) is 14.1. The van der Waals surface area contributed by atoms with Crippen molar-refractivity contribution < 1.29 is 24.0 Å². The summed E-state index contributed by atoms with van der Waals surface area (Å²) in [5, 5.41) is 18.6. The Kier molecular flexibility index (Phi) is 5.86. The fourth-order valence-corrected chi connectivity index (χ4v) is 8.53. The summed E-state index contributed by atoms with van der Waals surface area (Å²) in [7, 11) is 3.38. The Morgan fingerprint density at radius 2 is 1.90 bits per heavy atom. The molecule has 0 unspecified atom stereocenters. The van der Waals surface area contributed by atoms with Gasteiger partial charge in [-0.25, -0.2) is 0 Å². The number of nitrogens with one attached hydrogen (secondary N) is 2. The molecule has 2 aliphatic carbocycles. The molecular formula is C31H37N3O6. The van der Waals surface area contributed by atoms with Gasteiger partial charge in [0.2, 0.25) is 0 Å². The molecule has 2 aliphatic heterocycles. The molecule has 2 N–H and O–H groups in total. The number of nitro groups is 1. The largest absolute Gasteiger partial charge is 0.496 e. The van der Waals surface area contributed by atoms with Crippen LogP contribution >= 0.6 is 0 Å². The summed E-state index contributed by atoms with van der Waals surface area (Å²) >= 11 is 0. The fourth-order valence-electron chi connectivity index (χ4n) is 8.53. The zero-order chi connectivity index (χ0) is 28.8. The van der Waals surface area contributed by atoms with Crippen LogP contribution in [-0.4, -0.2) is 42.4 Å². The van der Waals surface area contributed by atoms with Crippen LogP contribution in [0.25, 0.3) is 0 Å². The van der Waals surface area contributed by atoms with Crippen molar-refractivity contribution >= 4 is 17.4 Å². The predicted molar refractivity (Wildman–Crippen MR) is 149 cm³/mol. The number of para-hydroxylation sites is 1. The van der Waals surface area contributed by atoms with Crippen molar-refractivity contribution in [1.29, 1.82) is 0 Å². The van der Waals surface area contributed by atoms with E-state index >= 15 is 0 Å². The molecule has 4 aliphatic rings. The minimum absolute atomic E-state index is 0.0383. The molecule has 1 amide bonds. The number of ether oxygens (including phenoxy) is 2. The molecule has 0 saturated heterocycles. The Balaban J connectivity index is 1.64. The standard InChI is InChI=1S/C31H37N3O6/c1-16-11-12-22-29(2,3)27(35)19(32-5)15-31(22)30(16,4)14-17-13-20(34(37)38)23-24(26(17)40-31)25(33-28(23)36)18-9-7-8-10-21(18)39-6/h7-10,13,16,19,22,25,32H,11-12,14-15H2,1-6H3,(H,33,36)/t16-,19+,22-,25+,30+,31-/m0/s1. The Hall–Kier alpha value is -3.46. The number of fused-ring (bicyclic) bond motifs is 3. The molecule has 2 fully saturated rings. The van der Waals surface area contributed by atoms with E-state index in [1.54, 1.807) is 13.2 Å². The van der Waals surface area contributed by atoms with Crippen LogP contribution in [0.4, 0.5) is 5.69 Å². The number of carbonyl (C=O) groups excluding carboxylic acids is 2. The van der Waals surface area contributed by atoms with E-state index in [0.29, 0.717) is 35.5 Å². The van der Waals surface area contributed by atoms with E-state index in [1.165, 1.54) is 0 Å². The van der Waals surface area contributed by atoms with Crippen molar-refractivity contribution in [2.24, 2.45) is 22.7 Å². The van der Waals surface area contributed by atoms with Crippen LogP contribution in [0.1, 0.15) is 80.0 Å². The molecule has 2 aromatic carbocycles. The normalized spacial score (nSPS) is 33.5. The van der Waals surface area contributed by atoms with Crippen LogP contribution < -0.4 is 20.1 Å². The maximum absolute atomic E-state index is 13.6. The lowest BCUT2D eigenvalue weighted by molar-refractivity contribution is -0.385. The summed E-state index contributed by atoms with van der Waals surface area (Å²) in [5.41, 5.74) is 0.0364. The maximum atomic E-state index is 13.6. The summed E-state index contributed by atoms with van der Waals surface area (Å²) in [6.45, 7) is 8.52. The highest BCUT2D eigenvalue weighted by Crippen LogP contribution is 2.66. The van der Waals surface area contributed by atoms with Gasteiger partial charge < -0.3 is 20.1 Å². The first-order valence-electron chi connectivity index (χ1n) is 14.1. The predicted octanol–water partition coefficient (Wildman–Crippen LogP) is 4.75. The third-order valence-electron chi connectivity index (χ3n) is 10.8. The number of rotatable bonds is 4. The van der Waals surface area contributed by atoms with Gasteiger partial charge in [0.25, 0.3) is 11.6 Å². The molecule has 2 heterocycles. The fraction of sp³-hybridized carbons (Fsp3) is 0.548. The van der Waals surface area contributed by atoms with Crippen LogP contribution in [0, 0.1) is 32.8 Å². The smallest absolute Gasteiger partial charge is 0.283 e. The first kappa shape index (κ1) is 26.7. The van der Waals surface area contributed by atoms with Gasteiger partial charge in [0.05, 0.1) is 24.1 Å². The molecule has 40 heavy (non-hydrogen) atoms. The van der Waals surface area contributed by atoms with Crippen molar-refractivity contribution in [3.63, 3.8) is 0 Å². The molecule has 6 rings (SSSR count). The van der Waals surface area contributed by atoms with Crippen molar-refractivity contribution in [3.8, 4) is 11.5 Å². The third-order valence-corrected chi connectivity index (χ3v) is 10.8. The van der Waals surface area contributed by atoms with Gasteiger partial charge in [-0.05, 0) is 38.3 Å². The maximum Gasteiger partial charge on any atom is 0.283 e. The minimum atomic E-state index is -0.705. The molecule has 212 valence electrons. The van der Waals surface area contributed by atoms with Crippen LogP contribution in [0.3, 0.4) is 0 Å². The number of hydrogen-bond acceptors (Lipinski definition) is 7. The lowest BCUT2D eigenvalue weighted by Gasteiger charge is -2.66. The topological polar surface area (TPSA) is 120 Å². The number of ketones is 1. The second kappa shape index (κ2) is 8.77. The van der Waals surface area contributed by atoms with E-state index < -0.39 is 27.9 Å². The Bertz CT molecular complexity index is 1450. The Morgan fingerprint density at radius 1 is 1.18 bits per heavy atom. The molecule has 9 heteroatoms. The van der Waals surface area contributed by atoms with E-state index in [-0.39, 0.29) is 40.3 Å². The van der Waals surface area contributed by atoms with E-state index in [1.807, 2.05) is 45.2 Å². The monoisotopic (exact) mass is 547 g/mol. The Morgan fingerprint density at radius 3 is 2.58 bits per heavy atom. The molecule has 0 radical (unpaired) electrons. The average molecular weight is 548 g/mol. The molecule has 1 spiro atoms. The highest BCUT2D eigenvalue weighted by atomic mass is 16.6. The molecule has 2 saturated carbocycles. The van der Waals surface area contributed by atoms with Crippen molar-refractivity contribution in [2.45, 2.75) is 71.1 Å². The molecule has 9 nitrogen and oxygen atoms in total. The SMILES string of the molecule is CN[C@@H]1C[C@@]23Oc4c(cc([N+](=O)[O-])c5c4[C@@H](c4ccccc4OC)NC5=O)C[C@]2(C)[C@@H](C)CC[C@H]3C(C)(C)C1=O. The molecule has 6 atom stereocenters. The zero-order valence-corrected chi connectivity index (χ0v) is 23.9. The van der Waals surface area contributed by atoms with Crippen LogP contribution in [0.5, 0.6) is 11.5 Å². The lowest BCUT2D eigenvalue weighted by Crippen LogP contribution is -2.73. The van der Waals surface area contributed by atoms with Gasteiger partial charge >= 0.3 is 0 Å². The lowest BCUT2D eigenvalue weighted by atomic mass is 9.43. The minimum Gasteiger partial charge on any atom is -0.496 e. The highest BCUT2D eigenvalue weighted by molar-refractivity contribution is 6.05. The van der Waals surface area contributed by atoms with Gasteiger partial charge in [-0.15, -0.1) is 0 Å². The second-order valence-corrected chi connectivity index (χ2v) is 12.8. The van der Waals surface area contributed by atoms with E-state index in [4.69, 9.17) is 9.47 Å². The van der Waals surface area contributed by atoms with E-state index in [9.17, 15) is 19.7 Å². The summed E-state index contributed by atoms with van der Waals surface area (Å²) in [5.74, 6) is 1.00. The number of amides is 1. The molecular weight excluding hydrogens is 510 g/mol. The number of methoxy groups -OCH3 is 1. The van der Waals surface area contributed by atoms with E-state index in [0.717, 1.165) is 18.4 Å². The number of nitrogens with zero attached hydrogens (tertiary/aromatic N) is 1. The number of Topliss-reactive ketones (excluding diaryl/α,β-unsaturated/α-hetero) is 1. The van der Waals surface area contributed by atoms with Crippen LogP contribution in [-0.2, 0) is 11.2 Å². The number of nitro benzene ring substituents is 1. The number of benzene rings is 2.